The Hall–Kier alpha value is -3.70. The summed E-state index contributed by atoms with van der Waals surface area (Å²) in [6, 6.07) is 16.8. The van der Waals surface area contributed by atoms with E-state index in [1.165, 1.54) is 22.5 Å². The minimum Gasteiger partial charge on any atom is -0.748 e. The summed E-state index contributed by atoms with van der Waals surface area (Å²) in [7, 11) is -4.29. The lowest BCUT2D eigenvalue weighted by Gasteiger charge is -2.27. The Kier molecular flexibility index (Phi) is 14.6. The zero-order valence-corrected chi connectivity index (χ0v) is 38.1. The van der Waals surface area contributed by atoms with Gasteiger partial charge in [-0.05, 0) is 95.6 Å². The number of rotatable bonds is 16. The van der Waals surface area contributed by atoms with E-state index in [2.05, 4.69) is 107 Å². The van der Waals surface area contributed by atoms with E-state index in [0.717, 1.165) is 72.5 Å². The molecule has 0 atom stereocenters. The lowest BCUT2D eigenvalue weighted by Crippen LogP contribution is -2.37. The summed E-state index contributed by atoms with van der Waals surface area (Å²) in [5.41, 5.74) is 8.62. The van der Waals surface area contributed by atoms with Crippen LogP contribution in [0.15, 0.2) is 100 Å². The van der Waals surface area contributed by atoms with Gasteiger partial charge in [-0.3, -0.25) is 9.94 Å². The molecule has 0 aromatic heterocycles. The molecule has 60 heavy (non-hydrogen) atoms. The number of para-hydroxylation sites is 2. The quantitative estimate of drug-likeness (QED) is 0.0399. The van der Waals surface area contributed by atoms with Crippen molar-refractivity contribution in [3.63, 3.8) is 0 Å². The number of ether oxygens (including phenoxy) is 1. The number of anilines is 1. The number of fused-ring (bicyclic) bond motifs is 2. The lowest BCUT2D eigenvalue weighted by atomic mass is 9.81. The van der Waals surface area contributed by atoms with Crippen LogP contribution >= 0.6 is 23.8 Å². The molecule has 0 radical (unpaired) electrons. The minimum absolute atomic E-state index is 0.269. The number of aliphatic imine (C=N–C) groups is 1. The molecule has 12 nitrogen and oxygen atoms in total. The van der Waals surface area contributed by atoms with Gasteiger partial charge in [0, 0.05) is 83.3 Å². The summed E-state index contributed by atoms with van der Waals surface area (Å²) >= 11 is 2.56. The van der Waals surface area contributed by atoms with Gasteiger partial charge in [0.15, 0.2) is 10.9 Å². The maximum absolute atomic E-state index is 13.4. The first-order chi connectivity index (χ1) is 28.4. The van der Waals surface area contributed by atoms with Crippen LogP contribution in [0.3, 0.4) is 0 Å². The molecule has 15 heteroatoms. The second-order valence-electron chi connectivity index (χ2n) is 17.4. The van der Waals surface area contributed by atoms with Crippen LogP contribution in [0.4, 0.5) is 16.2 Å². The van der Waals surface area contributed by atoms with Crippen molar-refractivity contribution in [1.29, 1.82) is 0 Å². The fourth-order valence-corrected chi connectivity index (χ4v) is 10.3. The summed E-state index contributed by atoms with van der Waals surface area (Å²) in [5, 5.41) is 14.4. The monoisotopic (exact) mass is 877 g/mol. The van der Waals surface area contributed by atoms with Crippen molar-refractivity contribution < 1.29 is 41.7 Å². The smallest absolute Gasteiger partial charge is 0.416 e. The van der Waals surface area contributed by atoms with E-state index in [1.807, 2.05) is 32.9 Å². The summed E-state index contributed by atoms with van der Waals surface area (Å²) < 4.78 is 46.7. The minimum atomic E-state index is -4.29. The Morgan fingerprint density at radius 2 is 1.70 bits per heavy atom. The number of carbonyl (C=O) groups excluding carboxylic acids is 1. The zero-order valence-electron chi connectivity index (χ0n) is 35.7. The molecule has 324 valence electrons. The van der Waals surface area contributed by atoms with Gasteiger partial charge in [-0.1, -0.05) is 74.2 Å². The largest absolute Gasteiger partial charge is 0.748 e. The fourth-order valence-electron chi connectivity index (χ4n) is 8.41. The van der Waals surface area contributed by atoms with Gasteiger partial charge in [-0.2, -0.15) is 8.91 Å². The number of amidine groups is 1. The average molecular weight is 878 g/mol. The molecule has 0 spiro atoms. The van der Waals surface area contributed by atoms with E-state index in [0.29, 0.717) is 36.2 Å². The van der Waals surface area contributed by atoms with Crippen molar-refractivity contribution >= 4 is 62.3 Å². The molecule has 6 rings (SSSR count). The first kappa shape index (κ1) is 45.8. The third-order valence-corrected chi connectivity index (χ3v) is 13.7. The molecule has 0 unspecified atom stereocenters. The number of hydrogen-bond donors (Lipinski definition) is 0. The van der Waals surface area contributed by atoms with E-state index in [4.69, 9.17) is 9.73 Å². The van der Waals surface area contributed by atoms with Crippen LogP contribution < -0.4 is 10.2 Å². The topological polar surface area (TPSA) is 147 Å². The van der Waals surface area contributed by atoms with Crippen LogP contribution in [-0.2, 0) is 35.1 Å². The molecule has 3 aliphatic heterocycles. The molecule has 1 amide bonds. The predicted molar refractivity (Wildman–Crippen MR) is 238 cm³/mol. The third-order valence-electron chi connectivity index (χ3n) is 11.3. The summed E-state index contributed by atoms with van der Waals surface area (Å²) in [6.45, 7) is 16.3. The van der Waals surface area contributed by atoms with E-state index in [9.17, 15) is 23.0 Å². The first-order valence-electron chi connectivity index (χ1n) is 20.6. The fraction of sp³-hybridized carbons (Fsp3) is 0.489. The van der Waals surface area contributed by atoms with Crippen LogP contribution in [0.5, 0.6) is 0 Å². The number of unbranched alkanes of at least 4 members (excludes halogenated alkanes) is 2. The SMILES string of the molecule is CC(C)(C)OC(=O)N1CCSC1=NC1=C(/C=C/C2=[N+](CCCCS(=O)(=O)[O-])c3ccccc3C2(C)C)CC/C1=C\C=C1\N(CCCCSOO[O-])c2ccccc2C1(C)C. The van der Waals surface area contributed by atoms with Gasteiger partial charge in [-0.25, -0.2) is 18.2 Å². The summed E-state index contributed by atoms with van der Waals surface area (Å²) in [5.74, 6) is 0.966. The van der Waals surface area contributed by atoms with Crippen LogP contribution in [0.1, 0.15) is 98.1 Å². The summed E-state index contributed by atoms with van der Waals surface area (Å²) in [6.07, 6.45) is 12.4. The van der Waals surface area contributed by atoms with Crippen molar-refractivity contribution in [1.82, 2.24) is 4.90 Å². The number of carbonyl (C=O) groups is 1. The highest BCUT2D eigenvalue weighted by molar-refractivity contribution is 8.14. The standard InChI is InChI=1S/C45H58N4O8S3/c1-43(2,3)55-42(50)49-28-30-58-41(49)46-40-32(22-24-38-44(4,5)34-16-8-10-18-36(34)47(38)26-12-14-29-59-57-56-51)20-21-33(40)23-25-39-45(6,7)35-17-9-11-19-37(35)48(39)27-13-15-31-60(52,53)54/h8-11,16-19,22-25H,12-15,20-21,26-31H2,1-7H3,(H-,51,52,53,54)/p-1. The van der Waals surface area contributed by atoms with E-state index in [1.54, 1.807) is 16.7 Å². The molecule has 0 N–H and O–H groups in total. The van der Waals surface area contributed by atoms with E-state index < -0.39 is 21.8 Å². The number of hydrogen-bond acceptors (Lipinski definition) is 12. The van der Waals surface area contributed by atoms with E-state index in [-0.39, 0.29) is 23.0 Å². The van der Waals surface area contributed by atoms with Gasteiger partial charge in [0.05, 0.1) is 21.2 Å². The average Bonchev–Trinajstić information content (AvgIpc) is 3.91. The molecule has 3 heterocycles. The Labute approximate surface area is 364 Å². The normalized spacial score (nSPS) is 20.8. The molecule has 1 saturated heterocycles. The molecule has 0 saturated carbocycles. The van der Waals surface area contributed by atoms with Crippen LogP contribution in [0.25, 0.3) is 0 Å². The molecular weight excluding hydrogens is 821 g/mol. The molecule has 4 aliphatic rings. The highest BCUT2D eigenvalue weighted by atomic mass is 32.2. The van der Waals surface area contributed by atoms with Crippen molar-refractivity contribution in [2.24, 2.45) is 4.99 Å². The second kappa shape index (κ2) is 19.1. The van der Waals surface area contributed by atoms with Crippen molar-refractivity contribution in [3.05, 3.63) is 107 Å². The van der Waals surface area contributed by atoms with Gasteiger partial charge in [0.1, 0.15) is 12.1 Å². The molecule has 1 fully saturated rings. The Morgan fingerprint density at radius 3 is 2.43 bits per heavy atom. The Morgan fingerprint density at radius 1 is 0.967 bits per heavy atom. The van der Waals surface area contributed by atoms with Crippen molar-refractivity contribution in [2.45, 2.75) is 103 Å². The maximum atomic E-state index is 13.4. The van der Waals surface area contributed by atoms with E-state index >= 15 is 0 Å². The molecular formula is C45H57N4O8S3-. The molecule has 0 bridgehead atoms. The highest BCUT2D eigenvalue weighted by Gasteiger charge is 2.44. The van der Waals surface area contributed by atoms with Gasteiger partial charge in [-0.15, -0.1) is 0 Å². The molecule has 2 aromatic carbocycles. The number of allylic oxidation sites excluding steroid dienone is 7. The summed E-state index contributed by atoms with van der Waals surface area (Å²) in [4.78, 5) is 22.7. The first-order valence-corrected chi connectivity index (χ1v) is 24.1. The Balaban J connectivity index is 1.40. The number of thioether (sulfide) groups is 1. The van der Waals surface area contributed by atoms with Gasteiger partial charge >= 0.3 is 6.09 Å². The van der Waals surface area contributed by atoms with Crippen molar-refractivity contribution in [3.8, 4) is 0 Å². The molecule has 2 aromatic rings. The van der Waals surface area contributed by atoms with Gasteiger partial charge in [0.2, 0.25) is 5.69 Å². The van der Waals surface area contributed by atoms with Gasteiger partial charge < -0.3 is 19.4 Å². The number of nitrogens with zero attached hydrogens (tertiary/aromatic N) is 4. The lowest BCUT2D eigenvalue weighted by molar-refractivity contribution is -0.777. The molecule has 1 aliphatic carbocycles. The van der Waals surface area contributed by atoms with Crippen LogP contribution in [0.2, 0.25) is 0 Å². The maximum Gasteiger partial charge on any atom is 0.416 e. The second-order valence-corrected chi connectivity index (χ2v) is 20.8. The van der Waals surface area contributed by atoms with Gasteiger partial charge in [0.25, 0.3) is 0 Å². The highest BCUT2D eigenvalue weighted by Crippen LogP contribution is 2.48. The Bertz CT molecular complexity index is 2230. The van der Waals surface area contributed by atoms with Crippen molar-refractivity contribution in [2.75, 3.05) is 41.8 Å². The van der Waals surface area contributed by atoms with Crippen LogP contribution in [-0.4, -0.2) is 81.9 Å². The zero-order chi connectivity index (χ0) is 43.3. The van der Waals surface area contributed by atoms with Crippen LogP contribution in [0, 0.1) is 0 Å². The third kappa shape index (κ3) is 10.7. The predicted octanol–water partition coefficient (Wildman–Crippen LogP) is 8.59. The number of amides is 1. The number of benzene rings is 2.